The van der Waals surface area contributed by atoms with Crippen LogP contribution in [0.3, 0.4) is 0 Å². The minimum Gasteiger partial charge on any atom is -0.423 e. The fourth-order valence-electron chi connectivity index (χ4n) is 1.20. The van der Waals surface area contributed by atoms with Crippen molar-refractivity contribution < 1.29 is 10.0 Å². The predicted molar refractivity (Wildman–Crippen MR) is 59.4 cm³/mol. The maximum atomic E-state index is 9.04. The van der Waals surface area contributed by atoms with Crippen LogP contribution in [-0.2, 0) is 0 Å². The molecule has 1 aromatic heterocycles. The normalized spacial score (nSPS) is 10.7. The summed E-state index contributed by atoms with van der Waals surface area (Å²) in [5, 5.41) is 19.1. The Bertz CT molecular complexity index is 441. The summed E-state index contributed by atoms with van der Waals surface area (Å²) in [6.45, 7) is 0. The molecule has 0 aliphatic rings. The smallest absolute Gasteiger partial charge is 0.423 e. The van der Waals surface area contributed by atoms with Crippen LogP contribution in [0.5, 0.6) is 0 Å². The molecule has 2 N–H and O–H groups in total. The van der Waals surface area contributed by atoms with E-state index >= 15 is 0 Å². The molecule has 2 aromatic rings. The van der Waals surface area contributed by atoms with Gasteiger partial charge < -0.3 is 10.0 Å². The van der Waals surface area contributed by atoms with Crippen LogP contribution in [0.25, 0.3) is 10.1 Å². The standard InChI is InChI=1S/C8H6BBrO2S/c10-7-5-3-1-2-4-6(5)13-8(7)9(11)12/h1-4,11-12H. The van der Waals surface area contributed by atoms with Gasteiger partial charge in [-0.15, -0.1) is 11.3 Å². The van der Waals surface area contributed by atoms with E-state index < -0.39 is 7.12 Å². The van der Waals surface area contributed by atoms with E-state index in [1.807, 2.05) is 24.3 Å². The van der Waals surface area contributed by atoms with Gasteiger partial charge in [0.1, 0.15) is 0 Å². The van der Waals surface area contributed by atoms with E-state index in [-0.39, 0.29) is 0 Å². The molecule has 2 rings (SSSR count). The van der Waals surface area contributed by atoms with Gasteiger partial charge in [0.15, 0.2) is 0 Å². The molecular weight excluding hydrogens is 251 g/mol. The van der Waals surface area contributed by atoms with Crippen molar-refractivity contribution in [2.45, 2.75) is 0 Å². The fraction of sp³-hybridized carbons (Fsp3) is 0. The zero-order valence-corrected chi connectivity index (χ0v) is 8.97. The van der Waals surface area contributed by atoms with Gasteiger partial charge in [0, 0.05) is 14.6 Å². The van der Waals surface area contributed by atoms with Gasteiger partial charge in [0.2, 0.25) is 0 Å². The fourth-order valence-corrected chi connectivity index (χ4v) is 3.09. The molecule has 13 heavy (non-hydrogen) atoms. The summed E-state index contributed by atoms with van der Waals surface area (Å²) < 4.78 is 2.39. The van der Waals surface area contributed by atoms with Crippen LogP contribution < -0.4 is 4.78 Å². The van der Waals surface area contributed by atoms with Crippen molar-refractivity contribution in [3.05, 3.63) is 28.7 Å². The van der Waals surface area contributed by atoms with Crippen molar-refractivity contribution in [2.75, 3.05) is 0 Å². The lowest BCUT2D eigenvalue weighted by Crippen LogP contribution is -2.27. The van der Waals surface area contributed by atoms with E-state index in [2.05, 4.69) is 15.9 Å². The van der Waals surface area contributed by atoms with Crippen LogP contribution in [0.4, 0.5) is 0 Å². The van der Waals surface area contributed by atoms with Crippen LogP contribution >= 0.6 is 27.3 Å². The molecule has 0 fully saturated rings. The van der Waals surface area contributed by atoms with E-state index in [0.29, 0.717) is 4.78 Å². The maximum Gasteiger partial charge on any atom is 0.500 e. The van der Waals surface area contributed by atoms with Gasteiger partial charge in [-0.1, -0.05) is 18.2 Å². The minimum atomic E-state index is -1.40. The Labute approximate surface area is 88.1 Å². The average molecular weight is 257 g/mol. The van der Waals surface area contributed by atoms with Crippen molar-refractivity contribution in [3.8, 4) is 0 Å². The van der Waals surface area contributed by atoms with Crippen LogP contribution in [0.15, 0.2) is 28.7 Å². The molecule has 1 aromatic carbocycles. The first-order chi connectivity index (χ1) is 6.20. The minimum absolute atomic E-state index is 0.557. The Kier molecular flexibility index (Phi) is 2.42. The third-order valence-electron chi connectivity index (χ3n) is 1.79. The van der Waals surface area contributed by atoms with Crippen molar-refractivity contribution in [1.82, 2.24) is 0 Å². The van der Waals surface area contributed by atoms with E-state index in [0.717, 1.165) is 14.6 Å². The van der Waals surface area contributed by atoms with Crippen LogP contribution in [0, 0.1) is 0 Å². The molecule has 0 atom stereocenters. The number of benzene rings is 1. The summed E-state index contributed by atoms with van der Waals surface area (Å²) in [5.74, 6) is 0. The lowest BCUT2D eigenvalue weighted by molar-refractivity contribution is 0.426. The molecule has 66 valence electrons. The number of hydrogen-bond donors (Lipinski definition) is 2. The van der Waals surface area contributed by atoms with Crippen molar-refractivity contribution in [3.63, 3.8) is 0 Å². The molecule has 0 bridgehead atoms. The number of thiophene rings is 1. The Morgan fingerprint density at radius 1 is 1.23 bits per heavy atom. The Morgan fingerprint density at radius 2 is 1.92 bits per heavy atom. The molecule has 0 spiro atoms. The molecule has 5 heteroatoms. The number of halogens is 1. The molecule has 0 amide bonds. The number of rotatable bonds is 1. The summed E-state index contributed by atoms with van der Waals surface area (Å²) in [5.41, 5.74) is 0. The lowest BCUT2D eigenvalue weighted by Gasteiger charge is -1.93. The summed E-state index contributed by atoms with van der Waals surface area (Å²) in [7, 11) is -1.40. The second kappa shape index (κ2) is 3.42. The second-order valence-electron chi connectivity index (χ2n) is 2.65. The molecule has 0 saturated carbocycles. The van der Waals surface area contributed by atoms with Gasteiger partial charge in [-0.2, -0.15) is 0 Å². The van der Waals surface area contributed by atoms with Crippen LogP contribution in [0.1, 0.15) is 0 Å². The van der Waals surface area contributed by atoms with E-state index in [9.17, 15) is 0 Å². The van der Waals surface area contributed by atoms with Gasteiger partial charge in [-0.05, 0) is 22.0 Å². The summed E-state index contributed by atoms with van der Waals surface area (Å²) in [6.07, 6.45) is 0. The van der Waals surface area contributed by atoms with Crippen LogP contribution in [-0.4, -0.2) is 17.2 Å². The van der Waals surface area contributed by atoms with Crippen molar-refractivity contribution in [2.24, 2.45) is 0 Å². The first-order valence-electron chi connectivity index (χ1n) is 3.73. The van der Waals surface area contributed by atoms with E-state index in [1.54, 1.807) is 0 Å². The highest BCUT2D eigenvalue weighted by atomic mass is 79.9. The van der Waals surface area contributed by atoms with Gasteiger partial charge in [0.05, 0.1) is 4.78 Å². The largest absolute Gasteiger partial charge is 0.500 e. The Balaban J connectivity index is 2.74. The zero-order chi connectivity index (χ0) is 9.42. The molecule has 0 unspecified atom stereocenters. The van der Waals surface area contributed by atoms with Crippen molar-refractivity contribution >= 4 is 49.2 Å². The summed E-state index contributed by atoms with van der Waals surface area (Å²) >= 11 is 4.73. The molecule has 0 radical (unpaired) electrons. The third-order valence-corrected chi connectivity index (χ3v) is 4.12. The van der Waals surface area contributed by atoms with E-state index in [1.165, 1.54) is 11.3 Å². The average Bonchev–Trinajstić information content (AvgIpc) is 2.45. The predicted octanol–water partition coefficient (Wildman–Crippen LogP) is 1.34. The summed E-state index contributed by atoms with van der Waals surface area (Å²) in [6, 6.07) is 7.75. The second-order valence-corrected chi connectivity index (χ2v) is 4.53. The zero-order valence-electron chi connectivity index (χ0n) is 6.57. The topological polar surface area (TPSA) is 40.5 Å². The number of hydrogen-bond acceptors (Lipinski definition) is 3. The lowest BCUT2D eigenvalue weighted by atomic mass is 9.89. The highest BCUT2D eigenvalue weighted by Gasteiger charge is 2.19. The SMILES string of the molecule is OB(O)c1sc2ccccc2c1Br. The molecule has 1 heterocycles. The monoisotopic (exact) mass is 256 g/mol. The summed E-state index contributed by atoms with van der Waals surface area (Å²) in [4.78, 5) is 0. The molecule has 0 aliphatic heterocycles. The number of fused-ring (bicyclic) bond motifs is 1. The maximum absolute atomic E-state index is 9.04. The van der Waals surface area contributed by atoms with Gasteiger partial charge in [-0.25, -0.2) is 0 Å². The van der Waals surface area contributed by atoms with Gasteiger partial charge >= 0.3 is 7.12 Å². The molecule has 0 aliphatic carbocycles. The quantitative estimate of drug-likeness (QED) is 0.757. The third kappa shape index (κ3) is 1.53. The molecule has 2 nitrogen and oxygen atoms in total. The van der Waals surface area contributed by atoms with Crippen molar-refractivity contribution in [1.29, 1.82) is 0 Å². The van der Waals surface area contributed by atoms with E-state index in [4.69, 9.17) is 10.0 Å². The Morgan fingerprint density at radius 3 is 2.54 bits per heavy atom. The highest BCUT2D eigenvalue weighted by molar-refractivity contribution is 9.11. The first-order valence-corrected chi connectivity index (χ1v) is 5.34. The molecule has 0 saturated heterocycles. The highest BCUT2D eigenvalue weighted by Crippen LogP contribution is 2.27. The van der Waals surface area contributed by atoms with Gasteiger partial charge in [0.25, 0.3) is 0 Å². The van der Waals surface area contributed by atoms with Crippen LogP contribution in [0.2, 0.25) is 0 Å². The van der Waals surface area contributed by atoms with Gasteiger partial charge in [-0.3, -0.25) is 0 Å². The first kappa shape index (κ1) is 9.21. The molecular formula is C8H6BBrO2S. The Hall–Kier alpha value is -0.355.